The Morgan fingerprint density at radius 2 is 0.733 bits per heavy atom. The van der Waals surface area contributed by atoms with Crippen LogP contribution in [0.3, 0.4) is 0 Å². The van der Waals surface area contributed by atoms with E-state index >= 15 is 0 Å². The van der Waals surface area contributed by atoms with Crippen LogP contribution in [-0.2, 0) is 9.59 Å². The summed E-state index contributed by atoms with van der Waals surface area (Å²) in [7, 11) is 0. The maximum Gasteiger partial charge on any atom is 1.00 e. The normalized spacial score (nSPS) is 10.9. The first-order valence-electron chi connectivity index (χ1n) is 11.9. The summed E-state index contributed by atoms with van der Waals surface area (Å²) in [6.45, 7) is 4.38. The number of hydrogen-bond donors (Lipinski definition) is 0. The summed E-state index contributed by atoms with van der Waals surface area (Å²) in [5.74, 6) is -2.93. The zero-order valence-electron chi connectivity index (χ0n) is 20.6. The maximum atomic E-state index is 11.6. The molecule has 0 radical (unpaired) electrons. The van der Waals surface area contributed by atoms with Crippen LogP contribution in [0.5, 0.6) is 0 Å². The van der Waals surface area contributed by atoms with Gasteiger partial charge in [0.25, 0.3) is 0 Å². The van der Waals surface area contributed by atoms with E-state index in [0.717, 1.165) is 38.5 Å². The molecule has 0 aromatic carbocycles. The van der Waals surface area contributed by atoms with Crippen molar-refractivity contribution in [2.75, 3.05) is 0 Å². The van der Waals surface area contributed by atoms with Crippen molar-refractivity contribution in [1.82, 2.24) is 0 Å². The van der Waals surface area contributed by atoms with Gasteiger partial charge >= 0.3 is 103 Å². The fourth-order valence-electron chi connectivity index (χ4n) is 3.91. The van der Waals surface area contributed by atoms with Crippen LogP contribution in [0.1, 0.15) is 136 Å². The number of rotatable bonds is 21. The van der Waals surface area contributed by atoms with Gasteiger partial charge in [-0.1, -0.05) is 123 Å². The van der Waals surface area contributed by atoms with Crippen molar-refractivity contribution in [1.29, 1.82) is 0 Å². The van der Waals surface area contributed by atoms with Crippen LogP contribution >= 0.6 is 0 Å². The van der Waals surface area contributed by atoms with Gasteiger partial charge in [0, 0.05) is 5.41 Å². The van der Waals surface area contributed by atoms with E-state index in [0.29, 0.717) is 12.8 Å². The number of hydrogen-bond acceptors (Lipinski definition) is 4. The molecule has 4 nitrogen and oxygen atoms in total. The average molecular weight is 475 g/mol. The molecule has 0 aliphatic heterocycles. The van der Waals surface area contributed by atoms with Gasteiger partial charge in [0.15, 0.2) is 0 Å². The molecule has 0 aliphatic rings. The summed E-state index contributed by atoms with van der Waals surface area (Å²) < 4.78 is 0. The molecule has 0 bridgehead atoms. The number of carboxylic acid groups (broad SMARTS) is 2. The molecule has 0 amide bonds. The van der Waals surface area contributed by atoms with E-state index < -0.39 is 17.4 Å². The standard InChI is InChI=1S/C24H46O4.2K/c1-3-5-7-9-11-12-13-15-17-19-21-24(22(25)26,23(27)28)20-18-16-14-10-8-6-4-2;;/h3-21H2,1-2H3,(H,25,26)(H,27,28);;/q;2*+1/p-2. The van der Waals surface area contributed by atoms with E-state index in [4.69, 9.17) is 0 Å². The van der Waals surface area contributed by atoms with Crippen molar-refractivity contribution in [2.45, 2.75) is 136 Å². The smallest absolute Gasteiger partial charge is 0.549 e. The average Bonchev–Trinajstić information content (AvgIpc) is 2.66. The molecule has 0 rings (SSSR count). The first-order chi connectivity index (χ1) is 13.5. The first kappa shape index (κ1) is 36.8. The van der Waals surface area contributed by atoms with Crippen molar-refractivity contribution in [2.24, 2.45) is 5.41 Å². The third-order valence-electron chi connectivity index (χ3n) is 5.95. The largest absolute Gasteiger partial charge is 1.00 e. The first-order valence-corrected chi connectivity index (χ1v) is 11.9. The molecule has 30 heavy (non-hydrogen) atoms. The second-order valence-electron chi connectivity index (χ2n) is 8.46. The Balaban J connectivity index is -0.00000364. The van der Waals surface area contributed by atoms with E-state index in [1.807, 2.05) is 0 Å². The summed E-state index contributed by atoms with van der Waals surface area (Å²) in [5, 5.41) is 23.3. The van der Waals surface area contributed by atoms with Gasteiger partial charge in [-0.3, -0.25) is 0 Å². The van der Waals surface area contributed by atoms with Crippen LogP contribution in [0.15, 0.2) is 0 Å². The molecule has 0 aliphatic carbocycles. The minimum Gasteiger partial charge on any atom is -0.549 e. The van der Waals surface area contributed by atoms with Crippen LogP contribution in [0, 0.1) is 5.41 Å². The molecule has 0 unspecified atom stereocenters. The zero-order chi connectivity index (χ0) is 21.1. The Bertz CT molecular complexity index is 389. The molecule has 0 heterocycles. The van der Waals surface area contributed by atoms with Gasteiger partial charge in [0.2, 0.25) is 0 Å². The number of aliphatic carboxylic acids is 2. The predicted octanol–water partition coefficient (Wildman–Crippen LogP) is -1.07. The molecule has 0 fully saturated rings. The molecule has 0 saturated carbocycles. The van der Waals surface area contributed by atoms with Crippen LogP contribution < -0.4 is 113 Å². The van der Waals surface area contributed by atoms with Gasteiger partial charge in [-0.05, 0) is 12.8 Å². The van der Waals surface area contributed by atoms with Crippen LogP contribution in [-0.4, -0.2) is 11.9 Å². The van der Waals surface area contributed by atoms with E-state index in [1.165, 1.54) is 57.8 Å². The van der Waals surface area contributed by atoms with Crippen LogP contribution in [0.25, 0.3) is 0 Å². The van der Waals surface area contributed by atoms with E-state index in [1.54, 1.807) is 0 Å². The van der Waals surface area contributed by atoms with Crippen molar-refractivity contribution < 1.29 is 123 Å². The Kier molecular flexibility index (Phi) is 31.7. The van der Waals surface area contributed by atoms with Crippen LogP contribution in [0.4, 0.5) is 0 Å². The number of carboxylic acids is 2. The minimum absolute atomic E-state index is 0. The van der Waals surface area contributed by atoms with Gasteiger partial charge < -0.3 is 19.8 Å². The third-order valence-corrected chi connectivity index (χ3v) is 5.95. The maximum absolute atomic E-state index is 11.6. The van der Waals surface area contributed by atoms with Gasteiger partial charge in [-0.25, -0.2) is 0 Å². The Labute approximate surface area is 271 Å². The molecule has 0 atom stereocenters. The molecular weight excluding hydrogens is 430 g/mol. The Morgan fingerprint density at radius 3 is 0.967 bits per heavy atom. The predicted molar refractivity (Wildman–Crippen MR) is 112 cm³/mol. The molecule has 0 aromatic heterocycles. The zero-order valence-corrected chi connectivity index (χ0v) is 26.8. The van der Waals surface area contributed by atoms with Gasteiger partial charge in [-0.15, -0.1) is 0 Å². The summed E-state index contributed by atoms with van der Waals surface area (Å²) in [5.41, 5.74) is -1.80. The monoisotopic (exact) mass is 474 g/mol. The number of unbranched alkanes of at least 4 members (excludes halogenated alkanes) is 15. The third kappa shape index (κ3) is 18.6. The van der Waals surface area contributed by atoms with Crippen molar-refractivity contribution >= 4 is 11.9 Å². The molecule has 0 N–H and O–H groups in total. The van der Waals surface area contributed by atoms with E-state index in [2.05, 4.69) is 13.8 Å². The van der Waals surface area contributed by atoms with Crippen molar-refractivity contribution in [3.63, 3.8) is 0 Å². The molecule has 0 spiro atoms. The topological polar surface area (TPSA) is 80.3 Å². The fourth-order valence-corrected chi connectivity index (χ4v) is 3.91. The quantitative estimate of drug-likeness (QED) is 0.121. The van der Waals surface area contributed by atoms with Crippen LogP contribution in [0.2, 0.25) is 0 Å². The van der Waals surface area contributed by atoms with Gasteiger partial charge in [0.05, 0.1) is 11.9 Å². The summed E-state index contributed by atoms with van der Waals surface area (Å²) in [4.78, 5) is 23.3. The Morgan fingerprint density at radius 1 is 0.500 bits per heavy atom. The molecular formula is C24H44K2O4. The van der Waals surface area contributed by atoms with Crippen molar-refractivity contribution in [3.05, 3.63) is 0 Å². The van der Waals surface area contributed by atoms with Crippen molar-refractivity contribution in [3.8, 4) is 0 Å². The molecule has 0 saturated heterocycles. The van der Waals surface area contributed by atoms with Gasteiger partial charge in [0.1, 0.15) is 0 Å². The fraction of sp³-hybridized carbons (Fsp3) is 0.917. The van der Waals surface area contributed by atoms with Gasteiger partial charge in [-0.2, -0.15) is 0 Å². The second-order valence-corrected chi connectivity index (χ2v) is 8.46. The Hall–Kier alpha value is 2.21. The summed E-state index contributed by atoms with van der Waals surface area (Å²) in [6, 6.07) is 0. The summed E-state index contributed by atoms with van der Waals surface area (Å²) in [6.07, 6.45) is 18.9. The second kappa shape index (κ2) is 25.8. The molecule has 166 valence electrons. The molecule has 0 aromatic rings. The number of carbonyl (C=O) groups is 2. The minimum atomic E-state index is -1.80. The number of carbonyl (C=O) groups excluding carboxylic acids is 2. The van der Waals surface area contributed by atoms with E-state index in [-0.39, 0.29) is 116 Å². The van der Waals surface area contributed by atoms with E-state index in [9.17, 15) is 19.8 Å². The molecule has 6 heteroatoms. The summed E-state index contributed by atoms with van der Waals surface area (Å²) >= 11 is 0. The SMILES string of the molecule is CCCCCCCCCCCCC(CCCCCCCCC)(C(=O)[O-])C(=O)[O-].[K+].[K+].